The lowest BCUT2D eigenvalue weighted by Crippen LogP contribution is -2.35. The predicted molar refractivity (Wildman–Crippen MR) is 92.0 cm³/mol. The Bertz CT molecular complexity index is 587. The minimum Gasteiger partial charge on any atom is -0.493 e. The molecular formula is C20H28O4. The quantitative estimate of drug-likeness (QED) is 0.830. The van der Waals surface area contributed by atoms with E-state index in [1.807, 2.05) is 26.0 Å². The van der Waals surface area contributed by atoms with Gasteiger partial charge in [0.25, 0.3) is 0 Å². The summed E-state index contributed by atoms with van der Waals surface area (Å²) in [4.78, 5) is 12.3. The monoisotopic (exact) mass is 332 g/mol. The molecule has 3 rings (SSSR count). The van der Waals surface area contributed by atoms with Crippen LogP contribution in [0.25, 0.3) is 0 Å². The minimum absolute atomic E-state index is 0.0851. The number of ether oxygens (including phenoxy) is 2. The van der Waals surface area contributed by atoms with E-state index in [0.717, 1.165) is 49.8 Å². The first-order valence-electron chi connectivity index (χ1n) is 9.21. The van der Waals surface area contributed by atoms with E-state index in [4.69, 9.17) is 9.47 Å². The van der Waals surface area contributed by atoms with E-state index >= 15 is 0 Å². The summed E-state index contributed by atoms with van der Waals surface area (Å²) in [6.07, 6.45) is 4.99. The Morgan fingerprint density at radius 2 is 2.04 bits per heavy atom. The lowest BCUT2D eigenvalue weighted by atomic mass is 9.69. The molecule has 0 heterocycles. The van der Waals surface area contributed by atoms with Gasteiger partial charge >= 0.3 is 5.97 Å². The van der Waals surface area contributed by atoms with Crippen LogP contribution in [0.5, 0.6) is 5.75 Å². The summed E-state index contributed by atoms with van der Waals surface area (Å²) in [5.74, 6) is 0.708. The molecule has 0 radical (unpaired) electrons. The summed E-state index contributed by atoms with van der Waals surface area (Å²) < 4.78 is 11.8. The molecule has 1 fully saturated rings. The second kappa shape index (κ2) is 7.14. The predicted octanol–water partition coefficient (Wildman–Crippen LogP) is 3.95. The van der Waals surface area contributed by atoms with Gasteiger partial charge in [-0.3, -0.25) is 4.79 Å². The molecule has 1 spiro atoms. The Balaban J connectivity index is 1.96. The van der Waals surface area contributed by atoms with Gasteiger partial charge in [0.1, 0.15) is 11.9 Å². The van der Waals surface area contributed by atoms with Crippen molar-refractivity contribution in [3.05, 3.63) is 29.3 Å². The highest BCUT2D eigenvalue weighted by Gasteiger charge is 2.51. The molecule has 0 aliphatic heterocycles. The molecule has 0 bridgehead atoms. The van der Waals surface area contributed by atoms with E-state index in [1.165, 1.54) is 5.56 Å². The number of carbonyl (C=O) groups is 1. The zero-order chi connectivity index (χ0) is 17.2. The Kier molecular flexibility index (Phi) is 5.14. The summed E-state index contributed by atoms with van der Waals surface area (Å²) in [6, 6.07) is 6.11. The van der Waals surface area contributed by atoms with Crippen LogP contribution < -0.4 is 4.74 Å². The Labute approximate surface area is 144 Å². The van der Waals surface area contributed by atoms with Crippen molar-refractivity contribution in [2.24, 2.45) is 5.41 Å². The van der Waals surface area contributed by atoms with E-state index in [9.17, 15) is 9.90 Å². The van der Waals surface area contributed by atoms with Crippen LogP contribution in [0.1, 0.15) is 69.6 Å². The van der Waals surface area contributed by atoms with Gasteiger partial charge in [-0.15, -0.1) is 0 Å². The number of aliphatic hydroxyl groups is 1. The second-order valence-corrected chi connectivity index (χ2v) is 7.15. The van der Waals surface area contributed by atoms with Crippen molar-refractivity contribution >= 4 is 5.97 Å². The van der Waals surface area contributed by atoms with Crippen LogP contribution >= 0.6 is 0 Å². The fourth-order valence-corrected chi connectivity index (χ4v) is 4.30. The van der Waals surface area contributed by atoms with Crippen molar-refractivity contribution in [3.63, 3.8) is 0 Å². The van der Waals surface area contributed by atoms with E-state index in [-0.39, 0.29) is 23.6 Å². The molecule has 0 amide bonds. The maximum absolute atomic E-state index is 12.3. The molecule has 1 atom stereocenters. The number of fused-ring (bicyclic) bond motifs is 1. The van der Waals surface area contributed by atoms with E-state index in [2.05, 4.69) is 6.07 Å². The first-order valence-corrected chi connectivity index (χ1v) is 9.21. The van der Waals surface area contributed by atoms with Gasteiger partial charge in [0.05, 0.1) is 12.7 Å². The van der Waals surface area contributed by atoms with Gasteiger partial charge in [0.15, 0.2) is 0 Å². The van der Waals surface area contributed by atoms with Crippen molar-refractivity contribution in [3.8, 4) is 5.75 Å². The van der Waals surface area contributed by atoms with Crippen LogP contribution in [0.15, 0.2) is 18.2 Å². The number of benzene rings is 1. The van der Waals surface area contributed by atoms with E-state index < -0.39 is 0 Å². The number of hydrogen-bond acceptors (Lipinski definition) is 4. The van der Waals surface area contributed by atoms with Crippen LogP contribution in [0, 0.1) is 5.41 Å². The lowest BCUT2D eigenvalue weighted by molar-refractivity contribution is -0.159. The molecular weight excluding hydrogens is 304 g/mol. The van der Waals surface area contributed by atoms with E-state index in [0.29, 0.717) is 13.0 Å². The van der Waals surface area contributed by atoms with Crippen molar-refractivity contribution in [2.75, 3.05) is 6.61 Å². The maximum Gasteiger partial charge on any atom is 0.306 e. The number of esters is 1. The highest BCUT2D eigenvalue weighted by molar-refractivity contribution is 5.70. The first-order chi connectivity index (χ1) is 11.6. The van der Waals surface area contributed by atoms with Crippen molar-refractivity contribution < 1.29 is 19.4 Å². The van der Waals surface area contributed by atoms with E-state index in [1.54, 1.807) is 0 Å². The zero-order valence-corrected chi connectivity index (χ0v) is 14.7. The van der Waals surface area contributed by atoms with Gasteiger partial charge in [-0.05, 0) is 57.1 Å². The average Bonchev–Trinajstić information content (AvgIpc) is 2.86. The van der Waals surface area contributed by atoms with Gasteiger partial charge < -0.3 is 14.6 Å². The molecule has 1 unspecified atom stereocenters. The Morgan fingerprint density at radius 3 is 2.71 bits per heavy atom. The van der Waals surface area contributed by atoms with Crippen molar-refractivity contribution in [2.45, 2.75) is 71.0 Å². The largest absolute Gasteiger partial charge is 0.493 e. The molecule has 4 heteroatoms. The highest BCUT2D eigenvalue weighted by atomic mass is 16.5. The van der Waals surface area contributed by atoms with Gasteiger partial charge in [-0.1, -0.05) is 19.1 Å². The zero-order valence-electron chi connectivity index (χ0n) is 14.7. The molecule has 4 nitrogen and oxygen atoms in total. The molecule has 2 aliphatic rings. The summed E-state index contributed by atoms with van der Waals surface area (Å²) in [6.45, 7) is 4.55. The van der Waals surface area contributed by atoms with Crippen LogP contribution in [0.2, 0.25) is 0 Å². The molecule has 0 aromatic heterocycles. The van der Waals surface area contributed by atoms with Crippen LogP contribution in [0.4, 0.5) is 0 Å². The third kappa shape index (κ3) is 3.16. The molecule has 24 heavy (non-hydrogen) atoms. The van der Waals surface area contributed by atoms with Gasteiger partial charge in [-0.2, -0.15) is 0 Å². The Hall–Kier alpha value is -1.55. The standard InChI is InChI=1S/C20H28O4/c1-3-6-17(22)24-19-18-14(7-5-8-16(18)23-4-2)13-20(19)11-9-15(21)10-12-20/h5,7-8,15,19,21H,3-4,6,9-13H2,1-2H3. The molecule has 132 valence electrons. The van der Waals surface area contributed by atoms with Crippen molar-refractivity contribution in [1.82, 2.24) is 0 Å². The number of aliphatic hydroxyl groups excluding tert-OH is 1. The van der Waals surface area contributed by atoms with Crippen LogP contribution in [-0.2, 0) is 16.0 Å². The summed E-state index contributed by atoms with van der Waals surface area (Å²) >= 11 is 0. The first kappa shape index (κ1) is 17.3. The topological polar surface area (TPSA) is 55.8 Å². The molecule has 1 aromatic rings. The molecule has 2 aliphatic carbocycles. The number of hydrogen-bond donors (Lipinski definition) is 1. The third-order valence-corrected chi connectivity index (χ3v) is 5.47. The van der Waals surface area contributed by atoms with Crippen LogP contribution in [-0.4, -0.2) is 23.8 Å². The maximum atomic E-state index is 12.3. The Morgan fingerprint density at radius 1 is 1.29 bits per heavy atom. The molecule has 1 N–H and O–H groups in total. The van der Waals surface area contributed by atoms with Gasteiger partial charge in [0.2, 0.25) is 0 Å². The minimum atomic E-state index is -0.248. The SMILES string of the molecule is CCCC(=O)OC1c2c(cccc2OCC)CC12CCC(O)CC2. The molecule has 1 saturated carbocycles. The van der Waals surface area contributed by atoms with Gasteiger partial charge in [0, 0.05) is 17.4 Å². The summed E-state index contributed by atoms with van der Waals surface area (Å²) in [5, 5.41) is 9.93. The summed E-state index contributed by atoms with van der Waals surface area (Å²) in [7, 11) is 0. The van der Waals surface area contributed by atoms with Gasteiger partial charge in [-0.25, -0.2) is 0 Å². The molecule has 1 aromatic carbocycles. The normalized spacial score (nSPS) is 28.6. The smallest absolute Gasteiger partial charge is 0.306 e. The third-order valence-electron chi connectivity index (χ3n) is 5.47. The highest BCUT2D eigenvalue weighted by Crippen LogP contribution is 2.57. The number of rotatable bonds is 5. The lowest BCUT2D eigenvalue weighted by Gasteiger charge is -2.40. The fourth-order valence-electron chi connectivity index (χ4n) is 4.30. The number of carbonyl (C=O) groups excluding carboxylic acids is 1. The average molecular weight is 332 g/mol. The second-order valence-electron chi connectivity index (χ2n) is 7.15. The molecule has 0 saturated heterocycles. The van der Waals surface area contributed by atoms with Crippen molar-refractivity contribution in [1.29, 1.82) is 0 Å². The van der Waals surface area contributed by atoms with Crippen LogP contribution in [0.3, 0.4) is 0 Å². The fraction of sp³-hybridized carbons (Fsp3) is 0.650. The summed E-state index contributed by atoms with van der Waals surface area (Å²) in [5.41, 5.74) is 2.20.